The Morgan fingerprint density at radius 3 is 2.00 bits per heavy atom. The van der Waals surface area contributed by atoms with Crippen LogP contribution in [0.1, 0.15) is 6.92 Å². The van der Waals surface area contributed by atoms with Gasteiger partial charge in [-0.3, -0.25) is 4.79 Å². The molecule has 8 heteroatoms. The van der Waals surface area contributed by atoms with Gasteiger partial charge in [-0.25, -0.2) is 4.79 Å². The molecule has 3 N–H and O–H groups in total. The average molecular weight is 215 g/mol. The fourth-order valence-corrected chi connectivity index (χ4v) is 0.612. The number of rotatable bonds is 3. The van der Waals surface area contributed by atoms with Gasteiger partial charge in [0, 0.05) is 0 Å². The number of carboxylic acids is 1. The van der Waals surface area contributed by atoms with Gasteiger partial charge >= 0.3 is 18.1 Å². The Bertz CT molecular complexity index is 238. The third kappa shape index (κ3) is 3.60. The molecule has 0 aliphatic carbocycles. The predicted molar refractivity (Wildman–Crippen MR) is 37.3 cm³/mol. The zero-order valence-corrected chi connectivity index (χ0v) is 7.00. The highest BCUT2D eigenvalue weighted by Gasteiger charge is 2.41. The first kappa shape index (κ1) is 12.7. The summed E-state index contributed by atoms with van der Waals surface area (Å²) < 4.78 is 34.9. The first-order valence-electron chi connectivity index (χ1n) is 3.45. The molecule has 0 fully saturated rings. The highest BCUT2D eigenvalue weighted by molar-refractivity contribution is 5.87. The van der Waals surface area contributed by atoms with Gasteiger partial charge in [0.1, 0.15) is 0 Å². The van der Waals surface area contributed by atoms with Gasteiger partial charge in [-0.15, -0.1) is 0 Å². The maximum absolute atomic E-state index is 11.6. The SMILES string of the molecule is C[C@@H](O)[C@H](NC(=O)C(F)(F)F)C(=O)O. The molecule has 0 aromatic heterocycles. The molecule has 0 saturated heterocycles. The van der Waals surface area contributed by atoms with Crippen molar-refractivity contribution in [1.82, 2.24) is 5.32 Å². The number of halogens is 3. The summed E-state index contributed by atoms with van der Waals surface area (Å²) in [7, 11) is 0. The number of hydrogen-bond donors (Lipinski definition) is 3. The molecule has 0 saturated carbocycles. The van der Waals surface area contributed by atoms with Gasteiger partial charge in [-0.2, -0.15) is 13.2 Å². The van der Waals surface area contributed by atoms with Crippen molar-refractivity contribution in [3.05, 3.63) is 0 Å². The Labute approximate surface area is 76.5 Å². The van der Waals surface area contributed by atoms with Crippen LogP contribution in [-0.2, 0) is 9.59 Å². The van der Waals surface area contributed by atoms with Crippen LogP contribution in [0.3, 0.4) is 0 Å². The molecule has 14 heavy (non-hydrogen) atoms. The molecule has 0 aliphatic rings. The quantitative estimate of drug-likeness (QED) is 0.592. The van der Waals surface area contributed by atoms with E-state index in [-0.39, 0.29) is 0 Å². The monoisotopic (exact) mass is 215 g/mol. The zero-order valence-electron chi connectivity index (χ0n) is 7.00. The van der Waals surface area contributed by atoms with Crippen LogP contribution in [0.25, 0.3) is 0 Å². The Morgan fingerprint density at radius 2 is 1.79 bits per heavy atom. The van der Waals surface area contributed by atoms with Crippen molar-refractivity contribution in [2.24, 2.45) is 0 Å². The lowest BCUT2D eigenvalue weighted by Gasteiger charge is -2.17. The second-order valence-corrected chi connectivity index (χ2v) is 2.53. The van der Waals surface area contributed by atoms with Crippen LogP contribution in [0.5, 0.6) is 0 Å². The van der Waals surface area contributed by atoms with Crippen LogP contribution < -0.4 is 5.32 Å². The van der Waals surface area contributed by atoms with Gasteiger partial charge in [0.05, 0.1) is 6.10 Å². The molecule has 0 aromatic rings. The summed E-state index contributed by atoms with van der Waals surface area (Å²) in [6.07, 6.45) is -6.78. The number of carboxylic acid groups (broad SMARTS) is 1. The Morgan fingerprint density at radius 1 is 1.36 bits per heavy atom. The predicted octanol–water partition coefficient (Wildman–Crippen LogP) is -0.501. The fraction of sp³-hybridized carbons (Fsp3) is 0.667. The summed E-state index contributed by atoms with van der Waals surface area (Å²) in [5.41, 5.74) is 0. The van der Waals surface area contributed by atoms with Gasteiger partial charge < -0.3 is 15.5 Å². The molecule has 2 atom stereocenters. The van der Waals surface area contributed by atoms with E-state index in [1.807, 2.05) is 0 Å². The number of amides is 1. The van der Waals surface area contributed by atoms with Crippen molar-refractivity contribution in [2.75, 3.05) is 0 Å². The fourth-order valence-electron chi connectivity index (χ4n) is 0.612. The summed E-state index contributed by atoms with van der Waals surface area (Å²) in [6, 6.07) is -1.97. The largest absolute Gasteiger partial charge is 0.480 e. The van der Waals surface area contributed by atoms with E-state index in [1.165, 1.54) is 0 Å². The number of hydrogen-bond acceptors (Lipinski definition) is 3. The second kappa shape index (κ2) is 4.27. The minimum atomic E-state index is -5.16. The van der Waals surface area contributed by atoms with Crippen LogP contribution in [0.15, 0.2) is 0 Å². The van der Waals surface area contributed by atoms with Crippen molar-refractivity contribution >= 4 is 11.9 Å². The number of aliphatic hydroxyl groups is 1. The summed E-state index contributed by atoms with van der Waals surface area (Å²) >= 11 is 0. The van der Waals surface area contributed by atoms with Crippen molar-refractivity contribution in [2.45, 2.75) is 25.2 Å². The summed E-state index contributed by atoms with van der Waals surface area (Å²) in [4.78, 5) is 20.5. The molecule has 1 amide bonds. The van der Waals surface area contributed by atoms with Crippen molar-refractivity contribution < 1.29 is 33.0 Å². The van der Waals surface area contributed by atoms with E-state index in [0.29, 0.717) is 0 Å². The molecule has 82 valence electrons. The van der Waals surface area contributed by atoms with Crippen molar-refractivity contribution in [3.63, 3.8) is 0 Å². The topological polar surface area (TPSA) is 86.6 Å². The van der Waals surface area contributed by atoms with Gasteiger partial charge in [-0.05, 0) is 6.92 Å². The highest BCUT2D eigenvalue weighted by Crippen LogP contribution is 2.14. The molecule has 5 nitrogen and oxygen atoms in total. The van der Waals surface area contributed by atoms with E-state index < -0.39 is 30.2 Å². The standard InChI is InChI=1S/C6H8F3NO4/c1-2(11)3(4(12)13)10-5(14)6(7,8)9/h2-3,11H,1H3,(H,10,14)(H,12,13)/t2-,3+/m1/s1. The maximum atomic E-state index is 11.6. The Balaban J connectivity index is 4.48. The van der Waals surface area contributed by atoms with Gasteiger partial charge in [0.15, 0.2) is 6.04 Å². The van der Waals surface area contributed by atoms with E-state index in [2.05, 4.69) is 0 Å². The second-order valence-electron chi connectivity index (χ2n) is 2.53. The zero-order chi connectivity index (χ0) is 11.5. The molecule has 0 rings (SSSR count). The lowest BCUT2D eigenvalue weighted by atomic mass is 10.2. The Kier molecular flexibility index (Phi) is 3.87. The number of aliphatic carboxylic acids is 1. The smallest absolute Gasteiger partial charge is 0.471 e. The van der Waals surface area contributed by atoms with Crippen LogP contribution in [0.4, 0.5) is 13.2 Å². The maximum Gasteiger partial charge on any atom is 0.471 e. The molecule has 0 unspecified atom stereocenters. The minimum absolute atomic E-state index is 0.954. The highest BCUT2D eigenvalue weighted by atomic mass is 19.4. The third-order valence-corrected chi connectivity index (χ3v) is 1.29. The number of aliphatic hydroxyl groups excluding tert-OH is 1. The van der Waals surface area contributed by atoms with Gasteiger partial charge in [0.2, 0.25) is 0 Å². The third-order valence-electron chi connectivity index (χ3n) is 1.29. The summed E-state index contributed by atoms with van der Waals surface area (Å²) in [6.45, 7) is 0.954. The van der Waals surface area contributed by atoms with Crippen LogP contribution in [-0.4, -0.2) is 40.4 Å². The molecule has 0 bridgehead atoms. The van der Waals surface area contributed by atoms with Gasteiger partial charge in [0.25, 0.3) is 0 Å². The molecule has 0 spiro atoms. The molecule has 0 heterocycles. The van der Waals surface area contributed by atoms with E-state index in [1.54, 1.807) is 0 Å². The summed E-state index contributed by atoms with van der Waals surface area (Å²) in [5.74, 6) is -4.14. The van der Waals surface area contributed by atoms with Crippen LogP contribution in [0.2, 0.25) is 0 Å². The first-order chi connectivity index (χ1) is 6.16. The molecular formula is C6H8F3NO4. The normalized spacial score (nSPS) is 15.8. The molecule has 0 radical (unpaired) electrons. The number of alkyl halides is 3. The van der Waals surface area contributed by atoms with Crippen LogP contribution >= 0.6 is 0 Å². The van der Waals surface area contributed by atoms with E-state index in [4.69, 9.17) is 10.2 Å². The molecule has 0 aliphatic heterocycles. The minimum Gasteiger partial charge on any atom is -0.480 e. The van der Waals surface area contributed by atoms with E-state index in [0.717, 1.165) is 12.2 Å². The Hall–Kier alpha value is -1.31. The number of carbonyl (C=O) groups is 2. The number of nitrogens with one attached hydrogen (secondary N) is 1. The van der Waals surface area contributed by atoms with Crippen LogP contribution in [0, 0.1) is 0 Å². The molecular weight excluding hydrogens is 207 g/mol. The van der Waals surface area contributed by atoms with Gasteiger partial charge in [-0.1, -0.05) is 0 Å². The van der Waals surface area contributed by atoms with Crippen molar-refractivity contribution in [3.8, 4) is 0 Å². The summed E-state index contributed by atoms with van der Waals surface area (Å²) in [5, 5.41) is 18.2. The molecule has 0 aromatic carbocycles. The lowest BCUT2D eigenvalue weighted by molar-refractivity contribution is -0.176. The average Bonchev–Trinajstić information content (AvgIpc) is 1.96. The van der Waals surface area contributed by atoms with Crippen molar-refractivity contribution in [1.29, 1.82) is 0 Å². The first-order valence-corrected chi connectivity index (χ1v) is 3.45. The lowest BCUT2D eigenvalue weighted by Crippen LogP contribution is -2.51. The van der Waals surface area contributed by atoms with E-state index in [9.17, 15) is 22.8 Å². The number of carbonyl (C=O) groups excluding carboxylic acids is 1. The van der Waals surface area contributed by atoms with E-state index >= 15 is 0 Å².